The van der Waals surface area contributed by atoms with Crippen molar-refractivity contribution in [3.8, 4) is 0 Å². The molecule has 0 fully saturated rings. The van der Waals surface area contributed by atoms with E-state index in [-0.39, 0.29) is 11.3 Å². The summed E-state index contributed by atoms with van der Waals surface area (Å²) in [6.45, 7) is 0.710. The molecular weight excluding hydrogens is 210 g/mol. The van der Waals surface area contributed by atoms with Gasteiger partial charge in [-0.2, -0.15) is 0 Å². The van der Waals surface area contributed by atoms with E-state index in [1.807, 2.05) is 0 Å². The third-order valence-corrected chi connectivity index (χ3v) is 1.99. The summed E-state index contributed by atoms with van der Waals surface area (Å²) in [6, 6.07) is 0. The molecule has 1 aromatic heterocycles. The van der Waals surface area contributed by atoms with Gasteiger partial charge < -0.3 is 5.11 Å². The highest BCUT2D eigenvalue weighted by molar-refractivity contribution is 5.46. The highest BCUT2D eigenvalue weighted by Gasteiger charge is 2.26. The first-order valence-electron chi connectivity index (χ1n) is 4.00. The predicted molar refractivity (Wildman–Crippen MR) is 46.5 cm³/mol. The van der Waals surface area contributed by atoms with Crippen molar-refractivity contribution >= 4 is 5.69 Å². The van der Waals surface area contributed by atoms with Crippen molar-refractivity contribution in [1.82, 2.24) is 4.98 Å². The largest absolute Gasteiger partial charge is 0.392 e. The number of halogens is 2. The van der Waals surface area contributed by atoms with E-state index in [4.69, 9.17) is 5.11 Å². The van der Waals surface area contributed by atoms with Gasteiger partial charge in [0.2, 0.25) is 0 Å². The number of aromatic nitrogens is 1. The van der Waals surface area contributed by atoms with E-state index in [0.29, 0.717) is 0 Å². The third-order valence-electron chi connectivity index (χ3n) is 1.99. The minimum Gasteiger partial charge on any atom is -0.392 e. The Labute approximate surface area is 83.5 Å². The lowest BCUT2D eigenvalue weighted by Crippen LogP contribution is -2.05. The van der Waals surface area contributed by atoms with Crippen LogP contribution >= 0.6 is 0 Å². The summed E-state index contributed by atoms with van der Waals surface area (Å²) in [5, 5.41) is 19.3. The number of hydrogen-bond acceptors (Lipinski definition) is 4. The van der Waals surface area contributed by atoms with Crippen molar-refractivity contribution in [2.45, 2.75) is 20.0 Å². The van der Waals surface area contributed by atoms with Crippen LogP contribution in [0.2, 0.25) is 0 Å². The van der Waals surface area contributed by atoms with Crippen molar-refractivity contribution in [1.29, 1.82) is 0 Å². The molecule has 1 N–H and O–H groups in total. The molecule has 0 amide bonds. The van der Waals surface area contributed by atoms with Gasteiger partial charge in [0.25, 0.3) is 12.1 Å². The van der Waals surface area contributed by atoms with Crippen molar-refractivity contribution in [3.05, 3.63) is 33.1 Å². The van der Waals surface area contributed by atoms with Crippen LogP contribution in [0.5, 0.6) is 0 Å². The maximum Gasteiger partial charge on any atom is 0.296 e. The number of rotatable bonds is 3. The molecule has 82 valence electrons. The molecule has 0 aromatic carbocycles. The number of nitrogens with zero attached hydrogens (tertiary/aromatic N) is 2. The van der Waals surface area contributed by atoms with Crippen molar-refractivity contribution in [3.63, 3.8) is 0 Å². The third kappa shape index (κ3) is 2.07. The van der Waals surface area contributed by atoms with Crippen molar-refractivity contribution in [2.24, 2.45) is 0 Å². The second-order valence-electron chi connectivity index (χ2n) is 2.84. The number of aryl methyl sites for hydroxylation is 1. The number of aliphatic hydroxyl groups excluding tert-OH is 1. The Balaban J connectivity index is 3.49. The Kier molecular flexibility index (Phi) is 3.25. The SMILES string of the molecule is Cc1ncc([N+](=O)[O-])c(C(F)F)c1CO. The first-order valence-corrected chi connectivity index (χ1v) is 4.00. The van der Waals surface area contributed by atoms with Gasteiger partial charge in [-0.1, -0.05) is 0 Å². The maximum atomic E-state index is 12.6. The molecule has 7 heteroatoms. The van der Waals surface area contributed by atoms with Gasteiger partial charge in [0.15, 0.2) is 0 Å². The number of pyridine rings is 1. The van der Waals surface area contributed by atoms with Gasteiger partial charge in [0.1, 0.15) is 11.8 Å². The molecule has 0 radical (unpaired) electrons. The van der Waals surface area contributed by atoms with Crippen molar-refractivity contribution < 1.29 is 18.8 Å². The first-order chi connectivity index (χ1) is 6.99. The van der Waals surface area contributed by atoms with Gasteiger partial charge in [-0.05, 0) is 6.92 Å². The average Bonchev–Trinajstić information content (AvgIpc) is 2.16. The minimum absolute atomic E-state index is 0.165. The molecule has 15 heavy (non-hydrogen) atoms. The summed E-state index contributed by atoms with van der Waals surface area (Å²) in [6.07, 6.45) is -2.23. The van der Waals surface area contributed by atoms with Gasteiger partial charge in [-0.25, -0.2) is 8.78 Å². The molecular formula is C8H8F2N2O3. The molecule has 0 spiro atoms. The van der Waals surface area contributed by atoms with Gasteiger partial charge >= 0.3 is 0 Å². The van der Waals surface area contributed by atoms with Crippen LogP contribution in [-0.2, 0) is 6.61 Å². The van der Waals surface area contributed by atoms with Gasteiger partial charge in [-0.15, -0.1) is 0 Å². The van der Waals surface area contributed by atoms with E-state index in [1.165, 1.54) is 6.92 Å². The molecule has 0 aliphatic rings. The van der Waals surface area contributed by atoms with Crippen LogP contribution in [0.25, 0.3) is 0 Å². The summed E-state index contributed by atoms with van der Waals surface area (Å²) in [5.74, 6) is 0. The Bertz CT molecular complexity index is 396. The van der Waals surface area contributed by atoms with E-state index in [0.717, 1.165) is 6.20 Å². The molecule has 1 aromatic rings. The Morgan fingerprint density at radius 3 is 2.67 bits per heavy atom. The predicted octanol–water partition coefficient (Wildman–Crippen LogP) is 1.73. The standard InChI is InChI=1S/C8H8F2N2O3/c1-4-5(3-13)7(8(9)10)6(2-11-4)12(14)15/h2,8,13H,3H2,1H3. The van der Waals surface area contributed by atoms with E-state index < -0.39 is 29.2 Å². The number of hydrogen-bond donors (Lipinski definition) is 1. The molecule has 0 saturated carbocycles. The van der Waals surface area contributed by atoms with Gasteiger partial charge in [0, 0.05) is 11.3 Å². The summed E-state index contributed by atoms with van der Waals surface area (Å²) in [4.78, 5) is 13.1. The number of nitro groups is 1. The zero-order valence-electron chi connectivity index (χ0n) is 7.78. The van der Waals surface area contributed by atoms with Gasteiger partial charge in [-0.3, -0.25) is 15.1 Å². The molecule has 0 aliphatic heterocycles. The highest BCUT2D eigenvalue weighted by Crippen LogP contribution is 2.32. The second-order valence-corrected chi connectivity index (χ2v) is 2.84. The number of alkyl halides is 2. The topological polar surface area (TPSA) is 76.3 Å². The summed E-state index contributed by atoms with van der Waals surface area (Å²) in [7, 11) is 0. The van der Waals surface area contributed by atoms with Gasteiger partial charge in [0.05, 0.1) is 11.5 Å². The van der Waals surface area contributed by atoms with E-state index in [2.05, 4.69) is 4.98 Å². The first kappa shape index (κ1) is 11.4. The Morgan fingerprint density at radius 2 is 2.27 bits per heavy atom. The molecule has 1 rings (SSSR count). The molecule has 0 atom stereocenters. The number of aliphatic hydroxyl groups is 1. The lowest BCUT2D eigenvalue weighted by atomic mass is 10.1. The quantitative estimate of drug-likeness (QED) is 0.619. The lowest BCUT2D eigenvalue weighted by Gasteiger charge is -2.08. The van der Waals surface area contributed by atoms with Crippen LogP contribution < -0.4 is 0 Å². The minimum atomic E-state index is -3.01. The molecule has 0 aliphatic carbocycles. The fraction of sp³-hybridized carbons (Fsp3) is 0.375. The zero-order valence-corrected chi connectivity index (χ0v) is 7.78. The fourth-order valence-corrected chi connectivity index (χ4v) is 1.24. The van der Waals surface area contributed by atoms with Crippen LogP contribution in [0.4, 0.5) is 14.5 Å². The highest BCUT2D eigenvalue weighted by atomic mass is 19.3. The monoisotopic (exact) mass is 218 g/mol. The second kappa shape index (κ2) is 4.26. The molecule has 0 saturated heterocycles. The summed E-state index contributed by atoms with van der Waals surface area (Å²) >= 11 is 0. The molecule has 0 bridgehead atoms. The van der Waals surface area contributed by atoms with E-state index in [1.54, 1.807) is 0 Å². The van der Waals surface area contributed by atoms with Crippen LogP contribution in [0.15, 0.2) is 6.20 Å². The maximum absolute atomic E-state index is 12.6. The fourth-order valence-electron chi connectivity index (χ4n) is 1.24. The summed E-state index contributed by atoms with van der Waals surface area (Å²) < 4.78 is 25.1. The van der Waals surface area contributed by atoms with Crippen molar-refractivity contribution in [2.75, 3.05) is 0 Å². The molecule has 1 heterocycles. The normalized spacial score (nSPS) is 10.7. The van der Waals surface area contributed by atoms with Crippen LogP contribution in [0.3, 0.4) is 0 Å². The van der Waals surface area contributed by atoms with E-state index in [9.17, 15) is 18.9 Å². The zero-order chi connectivity index (χ0) is 11.6. The molecule has 5 nitrogen and oxygen atoms in total. The Morgan fingerprint density at radius 1 is 1.67 bits per heavy atom. The summed E-state index contributed by atoms with van der Waals surface area (Å²) in [5.41, 5.74) is -1.53. The van der Waals surface area contributed by atoms with E-state index >= 15 is 0 Å². The lowest BCUT2D eigenvalue weighted by molar-refractivity contribution is -0.386. The molecule has 0 unspecified atom stereocenters. The van der Waals surface area contributed by atoms with Crippen LogP contribution in [0.1, 0.15) is 23.2 Å². The average molecular weight is 218 g/mol. The Hall–Kier alpha value is -1.63. The smallest absolute Gasteiger partial charge is 0.296 e. The van der Waals surface area contributed by atoms with Crippen LogP contribution in [0, 0.1) is 17.0 Å². The van der Waals surface area contributed by atoms with Crippen LogP contribution in [-0.4, -0.2) is 15.0 Å².